The van der Waals surface area contributed by atoms with Crippen LogP contribution >= 0.6 is 0 Å². The summed E-state index contributed by atoms with van der Waals surface area (Å²) in [6.07, 6.45) is 2.91. The number of benzene rings is 1. The van der Waals surface area contributed by atoms with Crippen molar-refractivity contribution in [3.63, 3.8) is 0 Å². The maximum Gasteiger partial charge on any atom is 0.255 e. The van der Waals surface area contributed by atoms with Crippen LogP contribution in [0.3, 0.4) is 0 Å². The number of carbonyl (C=O) groups is 1. The van der Waals surface area contributed by atoms with Crippen LogP contribution in [0.1, 0.15) is 35.2 Å². The summed E-state index contributed by atoms with van der Waals surface area (Å²) in [7, 11) is 0. The molecule has 0 saturated heterocycles. The van der Waals surface area contributed by atoms with Gasteiger partial charge in [0.1, 0.15) is 12.4 Å². The van der Waals surface area contributed by atoms with Crippen molar-refractivity contribution in [2.75, 3.05) is 19.8 Å². The van der Waals surface area contributed by atoms with Gasteiger partial charge in [-0.15, -0.1) is 0 Å². The lowest BCUT2D eigenvalue weighted by molar-refractivity contribution is 0.0525. The molecule has 112 valence electrons. The van der Waals surface area contributed by atoms with Gasteiger partial charge in [0.15, 0.2) is 0 Å². The number of hydrogen-bond donors (Lipinski definition) is 2. The molecule has 0 unspecified atom stereocenters. The van der Waals surface area contributed by atoms with Crippen LogP contribution in [0.25, 0.3) is 0 Å². The Morgan fingerprint density at radius 2 is 2.14 bits per heavy atom. The first-order valence-corrected chi connectivity index (χ1v) is 6.98. The van der Waals surface area contributed by atoms with E-state index in [0.717, 1.165) is 19.3 Å². The predicted octanol–water partition coefficient (Wildman–Crippen LogP) is 1.16. The Bertz CT molecular complexity index is 573. The van der Waals surface area contributed by atoms with Crippen LogP contribution in [0, 0.1) is 17.7 Å². The van der Waals surface area contributed by atoms with Gasteiger partial charge in [-0.1, -0.05) is 11.8 Å². The lowest BCUT2D eigenvalue weighted by Gasteiger charge is -2.37. The summed E-state index contributed by atoms with van der Waals surface area (Å²) in [6, 6.07) is 3.94. The van der Waals surface area contributed by atoms with Gasteiger partial charge in [0, 0.05) is 18.2 Å². The number of rotatable bonds is 4. The summed E-state index contributed by atoms with van der Waals surface area (Å²) < 4.78 is 13.3. The van der Waals surface area contributed by atoms with E-state index in [1.165, 1.54) is 18.2 Å². The summed E-state index contributed by atoms with van der Waals surface area (Å²) in [4.78, 5) is 14.3. The summed E-state index contributed by atoms with van der Waals surface area (Å²) in [6.45, 7) is -0.206. The lowest BCUT2D eigenvalue weighted by atomic mass is 9.90. The van der Waals surface area contributed by atoms with E-state index in [1.54, 1.807) is 4.90 Å². The second kappa shape index (κ2) is 7.21. The minimum atomic E-state index is -0.480. The van der Waals surface area contributed by atoms with Gasteiger partial charge >= 0.3 is 0 Å². The molecular formula is C16H18FNO3. The number of aliphatic hydroxyl groups excluding tert-OH is 2. The van der Waals surface area contributed by atoms with E-state index in [4.69, 9.17) is 10.2 Å². The van der Waals surface area contributed by atoms with Gasteiger partial charge in [0.2, 0.25) is 0 Å². The minimum Gasteiger partial charge on any atom is -0.395 e. The summed E-state index contributed by atoms with van der Waals surface area (Å²) >= 11 is 0. The molecule has 1 aromatic rings. The molecule has 0 radical (unpaired) electrons. The largest absolute Gasteiger partial charge is 0.395 e. The Morgan fingerprint density at radius 3 is 2.71 bits per heavy atom. The van der Waals surface area contributed by atoms with Crippen LogP contribution < -0.4 is 0 Å². The number of carbonyl (C=O) groups excluding carboxylic acids is 1. The monoisotopic (exact) mass is 291 g/mol. The van der Waals surface area contributed by atoms with Crippen molar-refractivity contribution in [1.29, 1.82) is 0 Å². The molecule has 2 N–H and O–H groups in total. The van der Waals surface area contributed by atoms with E-state index in [1.807, 2.05) is 0 Å². The van der Waals surface area contributed by atoms with Crippen LogP contribution in [0.2, 0.25) is 0 Å². The maximum atomic E-state index is 13.3. The van der Waals surface area contributed by atoms with Crippen molar-refractivity contribution in [2.45, 2.75) is 25.3 Å². The molecule has 1 fully saturated rings. The molecule has 0 heterocycles. The Morgan fingerprint density at radius 1 is 1.38 bits per heavy atom. The molecule has 0 aromatic heterocycles. The molecule has 0 atom stereocenters. The van der Waals surface area contributed by atoms with Gasteiger partial charge in [-0.3, -0.25) is 4.79 Å². The molecule has 21 heavy (non-hydrogen) atoms. The third-order valence-electron chi connectivity index (χ3n) is 3.63. The molecule has 4 nitrogen and oxygen atoms in total. The average molecular weight is 291 g/mol. The molecule has 0 bridgehead atoms. The summed E-state index contributed by atoms with van der Waals surface area (Å²) in [5, 5.41) is 17.9. The van der Waals surface area contributed by atoms with Crippen molar-refractivity contribution in [2.24, 2.45) is 0 Å². The van der Waals surface area contributed by atoms with Crippen molar-refractivity contribution in [3.05, 3.63) is 35.1 Å². The Kier molecular flexibility index (Phi) is 5.32. The number of halogens is 1. The fraction of sp³-hybridized carbons (Fsp3) is 0.438. The zero-order chi connectivity index (χ0) is 15.2. The SMILES string of the molecule is O=C(c1ccc(F)cc1C#CCO)N(CCO)C1CCC1. The first-order chi connectivity index (χ1) is 10.2. The van der Waals surface area contributed by atoms with E-state index in [9.17, 15) is 9.18 Å². The van der Waals surface area contributed by atoms with E-state index >= 15 is 0 Å². The van der Waals surface area contributed by atoms with E-state index in [2.05, 4.69) is 11.8 Å². The second-order valence-electron chi connectivity index (χ2n) is 4.96. The highest BCUT2D eigenvalue weighted by atomic mass is 19.1. The van der Waals surface area contributed by atoms with Crippen LogP contribution in [-0.4, -0.2) is 46.8 Å². The van der Waals surface area contributed by atoms with Gasteiger partial charge in [-0.2, -0.15) is 0 Å². The lowest BCUT2D eigenvalue weighted by Crippen LogP contribution is -2.45. The standard InChI is InChI=1S/C16H18FNO3/c17-13-6-7-15(12(11-13)3-2-9-19)16(21)18(8-10-20)14-4-1-5-14/h6-7,11,14,19-20H,1,4-5,8-10H2. The zero-order valence-corrected chi connectivity index (χ0v) is 11.7. The fourth-order valence-electron chi connectivity index (χ4n) is 2.35. The fourth-order valence-corrected chi connectivity index (χ4v) is 2.35. The number of hydrogen-bond acceptors (Lipinski definition) is 3. The predicted molar refractivity (Wildman–Crippen MR) is 76.1 cm³/mol. The molecular weight excluding hydrogens is 273 g/mol. The number of aliphatic hydroxyl groups is 2. The molecule has 2 rings (SSSR count). The molecule has 0 spiro atoms. The number of nitrogens with zero attached hydrogens (tertiary/aromatic N) is 1. The quantitative estimate of drug-likeness (QED) is 0.818. The molecule has 1 aliphatic carbocycles. The van der Waals surface area contributed by atoms with Gasteiger partial charge in [0.05, 0.1) is 12.2 Å². The molecule has 1 aliphatic rings. The van der Waals surface area contributed by atoms with Crippen LogP contribution in [-0.2, 0) is 0 Å². The third-order valence-corrected chi connectivity index (χ3v) is 3.63. The first kappa shape index (κ1) is 15.5. The van der Waals surface area contributed by atoms with Crippen LogP contribution in [0.15, 0.2) is 18.2 Å². The van der Waals surface area contributed by atoms with E-state index < -0.39 is 5.82 Å². The van der Waals surface area contributed by atoms with Gasteiger partial charge in [-0.25, -0.2) is 4.39 Å². The molecule has 1 aromatic carbocycles. The van der Waals surface area contributed by atoms with Crippen molar-refractivity contribution in [1.82, 2.24) is 4.90 Å². The summed E-state index contributed by atoms with van der Waals surface area (Å²) in [5.41, 5.74) is 0.564. The number of amides is 1. The van der Waals surface area contributed by atoms with E-state index in [-0.39, 0.29) is 37.3 Å². The highest BCUT2D eigenvalue weighted by molar-refractivity contribution is 5.97. The summed E-state index contributed by atoms with van der Waals surface area (Å²) in [5.74, 6) is 4.31. The normalized spacial score (nSPS) is 14.0. The minimum absolute atomic E-state index is 0.110. The molecule has 1 amide bonds. The highest BCUT2D eigenvalue weighted by Gasteiger charge is 2.29. The molecule has 5 heteroatoms. The first-order valence-electron chi connectivity index (χ1n) is 6.98. The molecule has 0 aliphatic heterocycles. The van der Waals surface area contributed by atoms with Crippen LogP contribution in [0.4, 0.5) is 4.39 Å². The van der Waals surface area contributed by atoms with Crippen molar-refractivity contribution >= 4 is 5.91 Å². The van der Waals surface area contributed by atoms with Gasteiger partial charge in [-0.05, 0) is 37.5 Å². The maximum absolute atomic E-state index is 13.3. The topological polar surface area (TPSA) is 60.8 Å². The van der Waals surface area contributed by atoms with Crippen molar-refractivity contribution in [3.8, 4) is 11.8 Å². The highest BCUT2D eigenvalue weighted by Crippen LogP contribution is 2.26. The Labute approximate surface area is 123 Å². The van der Waals surface area contributed by atoms with Gasteiger partial charge in [0.25, 0.3) is 5.91 Å². The molecule has 1 saturated carbocycles. The van der Waals surface area contributed by atoms with E-state index in [0.29, 0.717) is 5.56 Å². The van der Waals surface area contributed by atoms with Crippen molar-refractivity contribution < 1.29 is 19.4 Å². The Balaban J connectivity index is 2.31. The Hall–Kier alpha value is -1.90. The third kappa shape index (κ3) is 3.60. The average Bonchev–Trinajstić information content (AvgIpc) is 2.42. The van der Waals surface area contributed by atoms with Gasteiger partial charge < -0.3 is 15.1 Å². The van der Waals surface area contributed by atoms with Crippen LogP contribution in [0.5, 0.6) is 0 Å². The second-order valence-corrected chi connectivity index (χ2v) is 4.96. The zero-order valence-electron chi connectivity index (χ0n) is 11.7. The smallest absolute Gasteiger partial charge is 0.255 e.